The first-order valence-electron chi connectivity index (χ1n) is 11.3. The highest BCUT2D eigenvalue weighted by molar-refractivity contribution is 5.95. The van der Waals surface area contributed by atoms with Gasteiger partial charge in [0.15, 0.2) is 11.5 Å². The number of hydrogen-bond acceptors (Lipinski definition) is 5. The smallest absolute Gasteiger partial charge is 0.251 e. The van der Waals surface area contributed by atoms with Crippen LogP contribution in [0.25, 0.3) is 11.0 Å². The summed E-state index contributed by atoms with van der Waals surface area (Å²) in [4.78, 5) is 17.8. The molecule has 5 rings (SSSR count). The van der Waals surface area contributed by atoms with Crippen molar-refractivity contribution in [2.75, 3.05) is 20.3 Å². The average molecular weight is 436 g/mol. The molecule has 1 aliphatic heterocycles. The van der Waals surface area contributed by atoms with Gasteiger partial charge in [-0.05, 0) is 55.2 Å². The van der Waals surface area contributed by atoms with Crippen LogP contribution in [0.15, 0.2) is 36.4 Å². The maximum Gasteiger partial charge on any atom is 0.251 e. The average Bonchev–Trinajstić information content (AvgIpc) is 3.15. The monoisotopic (exact) mass is 435 g/mol. The van der Waals surface area contributed by atoms with E-state index in [1.165, 1.54) is 0 Å². The number of carbonyl (C=O) groups excluding carboxylic acids is 1. The molecule has 2 aliphatic rings. The first kappa shape index (κ1) is 20.8. The van der Waals surface area contributed by atoms with Crippen molar-refractivity contribution in [2.45, 2.75) is 44.2 Å². The van der Waals surface area contributed by atoms with Gasteiger partial charge in [0.1, 0.15) is 19.0 Å². The number of methoxy groups -OCH3 is 1. The van der Waals surface area contributed by atoms with Crippen LogP contribution >= 0.6 is 0 Å². The molecule has 3 aromatic rings. The van der Waals surface area contributed by atoms with Crippen LogP contribution < -0.4 is 14.8 Å². The van der Waals surface area contributed by atoms with Crippen molar-refractivity contribution < 1.29 is 19.0 Å². The van der Waals surface area contributed by atoms with Gasteiger partial charge in [-0.25, -0.2) is 4.98 Å². The summed E-state index contributed by atoms with van der Waals surface area (Å²) in [7, 11) is 3.79. The van der Waals surface area contributed by atoms with Crippen molar-refractivity contribution in [1.29, 1.82) is 0 Å². The second kappa shape index (κ2) is 8.82. The van der Waals surface area contributed by atoms with Crippen molar-refractivity contribution in [3.63, 3.8) is 0 Å². The van der Waals surface area contributed by atoms with Gasteiger partial charge in [-0.15, -0.1) is 0 Å². The Labute approximate surface area is 187 Å². The maximum atomic E-state index is 12.9. The van der Waals surface area contributed by atoms with Crippen LogP contribution in [0.4, 0.5) is 0 Å². The minimum atomic E-state index is -0.0677. The molecule has 1 aromatic heterocycles. The molecule has 1 aliphatic carbocycles. The molecule has 2 heterocycles. The van der Waals surface area contributed by atoms with E-state index >= 15 is 0 Å². The minimum absolute atomic E-state index is 0.0677. The Morgan fingerprint density at radius 3 is 2.84 bits per heavy atom. The van der Waals surface area contributed by atoms with Crippen LogP contribution in [0, 0.1) is 0 Å². The Morgan fingerprint density at radius 2 is 2.00 bits per heavy atom. The summed E-state index contributed by atoms with van der Waals surface area (Å²) in [6, 6.07) is 11.8. The Kier molecular flexibility index (Phi) is 5.74. The van der Waals surface area contributed by atoms with Gasteiger partial charge in [0.05, 0.1) is 17.6 Å². The molecule has 168 valence electrons. The molecule has 32 heavy (non-hydrogen) atoms. The van der Waals surface area contributed by atoms with Crippen LogP contribution in [0.1, 0.15) is 53.3 Å². The number of hydrogen-bond donors (Lipinski definition) is 1. The van der Waals surface area contributed by atoms with E-state index in [-0.39, 0.29) is 11.9 Å². The first-order chi connectivity index (χ1) is 15.6. The predicted octanol–water partition coefficient (Wildman–Crippen LogP) is 3.95. The van der Waals surface area contributed by atoms with Crippen molar-refractivity contribution in [3.8, 4) is 11.5 Å². The number of imidazole rings is 1. The third-order valence-electron chi connectivity index (χ3n) is 6.47. The van der Waals surface area contributed by atoms with E-state index < -0.39 is 0 Å². The standard InChI is InChI=1S/C25H29N3O4/c1-28-21-12-16(15-30-2)6-8-20(21)27-24(28)17-4-3-5-19(13-17)26-25(29)18-7-9-22-23(14-18)32-11-10-31-22/h6-9,12,14,17,19H,3-5,10-11,13,15H2,1-2H3,(H,26,29). The highest BCUT2D eigenvalue weighted by Crippen LogP contribution is 2.35. The predicted molar refractivity (Wildman–Crippen MR) is 121 cm³/mol. The molecule has 0 saturated heterocycles. The maximum absolute atomic E-state index is 12.9. The van der Waals surface area contributed by atoms with Crippen LogP contribution in [0.3, 0.4) is 0 Å². The molecular weight excluding hydrogens is 406 g/mol. The molecule has 0 spiro atoms. The van der Waals surface area contributed by atoms with Crippen LogP contribution in [0.2, 0.25) is 0 Å². The number of aromatic nitrogens is 2. The molecular formula is C25H29N3O4. The summed E-state index contributed by atoms with van der Waals surface area (Å²) in [5.74, 6) is 2.67. The van der Waals surface area contributed by atoms with E-state index in [0.29, 0.717) is 42.8 Å². The Bertz CT molecular complexity index is 1140. The van der Waals surface area contributed by atoms with E-state index in [1.807, 2.05) is 6.07 Å². The lowest BCUT2D eigenvalue weighted by atomic mass is 9.85. The topological polar surface area (TPSA) is 74.6 Å². The fraction of sp³-hybridized carbons (Fsp3) is 0.440. The lowest BCUT2D eigenvalue weighted by molar-refractivity contribution is 0.0923. The van der Waals surface area contributed by atoms with Crippen LogP contribution in [0.5, 0.6) is 11.5 Å². The number of nitrogens with zero attached hydrogens (tertiary/aromatic N) is 2. The zero-order valence-electron chi connectivity index (χ0n) is 18.6. The van der Waals surface area contributed by atoms with Crippen molar-refractivity contribution in [1.82, 2.24) is 14.9 Å². The van der Waals surface area contributed by atoms with Gasteiger partial charge in [-0.2, -0.15) is 0 Å². The first-order valence-corrected chi connectivity index (χ1v) is 11.3. The van der Waals surface area contributed by atoms with Gasteiger partial charge in [-0.3, -0.25) is 4.79 Å². The molecule has 0 bridgehead atoms. The van der Waals surface area contributed by atoms with Crippen molar-refractivity contribution in [2.24, 2.45) is 7.05 Å². The number of ether oxygens (including phenoxy) is 3. The fourth-order valence-corrected chi connectivity index (χ4v) is 4.88. The summed E-state index contributed by atoms with van der Waals surface area (Å²) in [6.45, 7) is 1.64. The Hall–Kier alpha value is -3.06. The summed E-state index contributed by atoms with van der Waals surface area (Å²) in [5, 5.41) is 3.23. The number of rotatable bonds is 5. The van der Waals surface area contributed by atoms with Crippen molar-refractivity contribution >= 4 is 16.9 Å². The Balaban J connectivity index is 1.30. The number of aryl methyl sites for hydroxylation is 1. The zero-order chi connectivity index (χ0) is 22.1. The van der Waals surface area contributed by atoms with Gasteiger partial charge in [0.25, 0.3) is 5.91 Å². The molecule has 1 saturated carbocycles. The third kappa shape index (κ3) is 4.05. The fourth-order valence-electron chi connectivity index (χ4n) is 4.88. The van der Waals surface area contributed by atoms with Gasteiger partial charge in [0.2, 0.25) is 0 Å². The minimum Gasteiger partial charge on any atom is -0.486 e. The second-order valence-corrected chi connectivity index (χ2v) is 8.68. The van der Waals surface area contributed by atoms with Crippen LogP contribution in [-0.4, -0.2) is 41.8 Å². The van der Waals surface area contributed by atoms with E-state index in [1.54, 1.807) is 19.2 Å². The SMILES string of the molecule is COCc1ccc2nc(C3CCCC(NC(=O)c4ccc5c(c4)OCCO5)C3)n(C)c2c1. The molecule has 1 amide bonds. The van der Waals surface area contributed by atoms with E-state index in [4.69, 9.17) is 19.2 Å². The lowest BCUT2D eigenvalue weighted by Gasteiger charge is -2.29. The number of amides is 1. The molecule has 7 nitrogen and oxygen atoms in total. The lowest BCUT2D eigenvalue weighted by Crippen LogP contribution is -2.38. The second-order valence-electron chi connectivity index (χ2n) is 8.68. The highest BCUT2D eigenvalue weighted by atomic mass is 16.6. The zero-order valence-corrected chi connectivity index (χ0v) is 18.6. The number of fused-ring (bicyclic) bond motifs is 2. The van der Waals surface area contributed by atoms with E-state index in [9.17, 15) is 4.79 Å². The summed E-state index contributed by atoms with van der Waals surface area (Å²) < 4.78 is 18.6. The van der Waals surface area contributed by atoms with E-state index in [2.05, 4.69) is 35.1 Å². The normalized spacial score (nSPS) is 20.3. The number of nitrogens with one attached hydrogen (secondary N) is 1. The van der Waals surface area contributed by atoms with Gasteiger partial charge < -0.3 is 24.1 Å². The molecule has 1 N–H and O–H groups in total. The van der Waals surface area contributed by atoms with E-state index in [0.717, 1.165) is 48.1 Å². The molecule has 2 aromatic carbocycles. The van der Waals surface area contributed by atoms with Crippen molar-refractivity contribution in [3.05, 3.63) is 53.3 Å². The summed E-state index contributed by atoms with van der Waals surface area (Å²) in [5.41, 5.74) is 3.87. The largest absolute Gasteiger partial charge is 0.486 e. The number of benzene rings is 2. The number of carbonyl (C=O) groups is 1. The molecule has 0 radical (unpaired) electrons. The van der Waals surface area contributed by atoms with Crippen LogP contribution in [-0.2, 0) is 18.4 Å². The molecule has 1 fully saturated rings. The highest BCUT2D eigenvalue weighted by Gasteiger charge is 2.28. The quantitative estimate of drug-likeness (QED) is 0.657. The summed E-state index contributed by atoms with van der Waals surface area (Å²) in [6.07, 6.45) is 4.01. The molecule has 2 unspecified atom stereocenters. The Morgan fingerprint density at radius 1 is 1.16 bits per heavy atom. The molecule has 2 atom stereocenters. The van der Waals surface area contributed by atoms with Gasteiger partial charge in [0, 0.05) is 31.7 Å². The summed E-state index contributed by atoms with van der Waals surface area (Å²) >= 11 is 0. The molecule has 7 heteroatoms. The van der Waals surface area contributed by atoms with Gasteiger partial charge >= 0.3 is 0 Å². The third-order valence-corrected chi connectivity index (χ3v) is 6.47. The van der Waals surface area contributed by atoms with Gasteiger partial charge in [-0.1, -0.05) is 12.5 Å².